The molecule has 1 atom stereocenters. The highest BCUT2D eigenvalue weighted by molar-refractivity contribution is 5.77. The number of unbranched alkanes of at least 4 members (excludes halogenated alkanes) is 4. The van der Waals surface area contributed by atoms with E-state index in [1.165, 1.54) is 43.3 Å². The number of esters is 1. The largest absolute Gasteiger partial charge is 0.465 e. The lowest BCUT2D eigenvalue weighted by molar-refractivity contribution is -0.219. The number of methoxy groups -OCH3 is 1. The summed E-state index contributed by atoms with van der Waals surface area (Å²) in [5.74, 6) is -4.30. The molecule has 0 saturated heterocycles. The van der Waals surface area contributed by atoms with E-state index in [4.69, 9.17) is 0 Å². The van der Waals surface area contributed by atoms with E-state index in [0.29, 0.717) is 6.42 Å². The number of ether oxygens (including phenoxy) is 1. The molecule has 0 saturated carbocycles. The number of carbonyl (C=O) groups excluding carboxylic acids is 1. The lowest BCUT2D eigenvalue weighted by Crippen LogP contribution is -2.45. The van der Waals surface area contributed by atoms with Crippen molar-refractivity contribution in [2.75, 3.05) is 7.11 Å². The summed E-state index contributed by atoms with van der Waals surface area (Å²) < 4.78 is 4.46. The Morgan fingerprint density at radius 3 is 2.70 bits per heavy atom. The molecular weight excluding hydrogens is 340 g/mol. The maximum absolute atomic E-state index is 11.5. The van der Waals surface area contributed by atoms with Gasteiger partial charge in [-0.05, 0) is 62.7 Å². The molecule has 0 spiro atoms. The molecule has 4 nitrogen and oxygen atoms in total. The minimum atomic E-state index is -2.51. The zero-order valence-corrected chi connectivity index (χ0v) is 17.2. The van der Waals surface area contributed by atoms with Gasteiger partial charge in [0, 0.05) is 5.92 Å². The summed E-state index contributed by atoms with van der Waals surface area (Å²) in [4.78, 5) is 11.5. The van der Waals surface area contributed by atoms with Crippen LogP contribution in [-0.4, -0.2) is 29.1 Å². The van der Waals surface area contributed by atoms with Crippen LogP contribution in [0.25, 0.3) is 0 Å². The zero-order valence-electron chi connectivity index (χ0n) is 17.2. The standard InChI is InChI=1S/C23H36O4/c1-4-6-7-8-9-10-14-19-16-13-17-20(19)15-11-12-18-21(5-2)23(25,26)22(24)27-3/h10-11,14,18,21,25-26H,4-9,13,15-17H2,1-3H3. The van der Waals surface area contributed by atoms with E-state index < -0.39 is 17.7 Å². The third-order valence-corrected chi connectivity index (χ3v) is 5.13. The Balaban J connectivity index is 2.63. The molecule has 0 fully saturated rings. The predicted molar refractivity (Wildman–Crippen MR) is 109 cm³/mol. The molecule has 0 amide bonds. The highest BCUT2D eigenvalue weighted by atomic mass is 16.6. The Morgan fingerprint density at radius 2 is 2.04 bits per heavy atom. The molecule has 0 bridgehead atoms. The van der Waals surface area contributed by atoms with Gasteiger partial charge in [0.25, 0.3) is 5.79 Å². The first-order chi connectivity index (χ1) is 13.0. The minimum Gasteiger partial charge on any atom is -0.465 e. The van der Waals surface area contributed by atoms with E-state index in [0.717, 1.165) is 32.8 Å². The summed E-state index contributed by atoms with van der Waals surface area (Å²) in [5, 5.41) is 19.9. The lowest BCUT2D eigenvalue weighted by Gasteiger charge is -2.24. The van der Waals surface area contributed by atoms with Crippen LogP contribution in [0.3, 0.4) is 0 Å². The van der Waals surface area contributed by atoms with Gasteiger partial charge in [0.2, 0.25) is 0 Å². The Kier molecular flexibility index (Phi) is 11.0. The van der Waals surface area contributed by atoms with Crippen LogP contribution in [-0.2, 0) is 9.53 Å². The van der Waals surface area contributed by atoms with E-state index in [1.54, 1.807) is 13.0 Å². The summed E-state index contributed by atoms with van der Waals surface area (Å²) in [6.45, 7) is 4.02. The molecular formula is C23H36O4. The van der Waals surface area contributed by atoms with Crippen molar-refractivity contribution >= 4 is 5.97 Å². The van der Waals surface area contributed by atoms with Crippen molar-refractivity contribution in [1.29, 1.82) is 0 Å². The molecule has 1 rings (SSSR count). The van der Waals surface area contributed by atoms with Gasteiger partial charge in [-0.15, -0.1) is 5.73 Å². The number of hydrogen-bond acceptors (Lipinski definition) is 4. The van der Waals surface area contributed by atoms with Crippen LogP contribution in [0.5, 0.6) is 0 Å². The number of rotatable bonds is 12. The highest BCUT2D eigenvalue weighted by Crippen LogP contribution is 2.29. The minimum absolute atomic E-state index is 0.400. The fraction of sp³-hybridized carbons (Fsp3) is 0.652. The smallest absolute Gasteiger partial charge is 0.366 e. The first-order valence-corrected chi connectivity index (χ1v) is 10.3. The van der Waals surface area contributed by atoms with Crippen LogP contribution in [0.1, 0.15) is 78.1 Å². The zero-order chi connectivity index (χ0) is 20.1. The molecule has 4 heteroatoms. The van der Waals surface area contributed by atoms with Crippen molar-refractivity contribution in [3.8, 4) is 0 Å². The summed E-state index contributed by atoms with van der Waals surface area (Å²) >= 11 is 0. The molecule has 27 heavy (non-hydrogen) atoms. The molecule has 1 unspecified atom stereocenters. The molecule has 0 radical (unpaired) electrons. The van der Waals surface area contributed by atoms with Crippen molar-refractivity contribution < 1.29 is 19.7 Å². The van der Waals surface area contributed by atoms with Gasteiger partial charge in [-0.3, -0.25) is 0 Å². The topological polar surface area (TPSA) is 66.8 Å². The fourth-order valence-electron chi connectivity index (χ4n) is 3.37. The first-order valence-electron chi connectivity index (χ1n) is 10.3. The highest BCUT2D eigenvalue weighted by Gasteiger charge is 2.41. The number of carbonyl (C=O) groups is 1. The quantitative estimate of drug-likeness (QED) is 0.218. The Labute approximate surface area is 164 Å². The van der Waals surface area contributed by atoms with E-state index >= 15 is 0 Å². The summed E-state index contributed by atoms with van der Waals surface area (Å²) in [6, 6.07) is 0. The summed E-state index contributed by atoms with van der Waals surface area (Å²) in [5.41, 5.74) is 5.89. The van der Waals surface area contributed by atoms with Gasteiger partial charge in [0.1, 0.15) is 0 Å². The molecule has 0 aromatic rings. The average Bonchev–Trinajstić information content (AvgIpc) is 3.10. The Bertz CT molecular complexity index is 577. The maximum atomic E-state index is 11.5. The van der Waals surface area contributed by atoms with Crippen LogP contribution in [0.4, 0.5) is 0 Å². The van der Waals surface area contributed by atoms with Crippen LogP contribution >= 0.6 is 0 Å². The number of hydrogen-bond donors (Lipinski definition) is 2. The lowest BCUT2D eigenvalue weighted by atomic mass is 9.95. The van der Waals surface area contributed by atoms with E-state index in [1.807, 2.05) is 6.08 Å². The van der Waals surface area contributed by atoms with Gasteiger partial charge in [0.15, 0.2) is 0 Å². The van der Waals surface area contributed by atoms with Crippen LogP contribution in [0.2, 0.25) is 0 Å². The molecule has 0 aromatic heterocycles. The Hall–Kier alpha value is -1.61. The van der Waals surface area contributed by atoms with Crippen molar-refractivity contribution in [3.63, 3.8) is 0 Å². The second kappa shape index (κ2) is 12.7. The van der Waals surface area contributed by atoms with Crippen molar-refractivity contribution in [3.05, 3.63) is 41.2 Å². The second-order valence-corrected chi connectivity index (χ2v) is 7.21. The number of allylic oxidation sites excluding steroid dienone is 4. The van der Waals surface area contributed by atoms with Gasteiger partial charge in [0.05, 0.1) is 7.11 Å². The first kappa shape index (κ1) is 23.4. The molecule has 152 valence electrons. The molecule has 1 aliphatic carbocycles. The van der Waals surface area contributed by atoms with Crippen LogP contribution in [0.15, 0.2) is 41.2 Å². The van der Waals surface area contributed by atoms with Gasteiger partial charge < -0.3 is 14.9 Å². The molecule has 1 aliphatic rings. The van der Waals surface area contributed by atoms with Crippen molar-refractivity contribution in [1.82, 2.24) is 0 Å². The normalized spacial score (nSPS) is 15.7. The van der Waals surface area contributed by atoms with Crippen molar-refractivity contribution in [2.24, 2.45) is 5.92 Å². The molecule has 0 aromatic carbocycles. The maximum Gasteiger partial charge on any atom is 0.366 e. The van der Waals surface area contributed by atoms with Gasteiger partial charge >= 0.3 is 5.97 Å². The molecule has 2 N–H and O–H groups in total. The fourth-order valence-corrected chi connectivity index (χ4v) is 3.37. The summed E-state index contributed by atoms with van der Waals surface area (Å²) in [7, 11) is 1.14. The monoisotopic (exact) mass is 376 g/mol. The van der Waals surface area contributed by atoms with Gasteiger partial charge in [-0.2, -0.15) is 0 Å². The second-order valence-electron chi connectivity index (χ2n) is 7.21. The third kappa shape index (κ3) is 7.88. The van der Waals surface area contributed by atoms with Crippen molar-refractivity contribution in [2.45, 2.75) is 83.8 Å². The van der Waals surface area contributed by atoms with Crippen LogP contribution < -0.4 is 0 Å². The molecule has 0 heterocycles. The SMILES string of the molecule is CCCCCCC=CC1=C(CC=C=CC(CC)C(O)(O)C(=O)OC)CCC1. The number of aliphatic hydroxyl groups is 2. The van der Waals surface area contributed by atoms with Gasteiger partial charge in [-0.25, -0.2) is 4.79 Å². The Morgan fingerprint density at radius 1 is 1.26 bits per heavy atom. The average molecular weight is 377 g/mol. The summed E-state index contributed by atoms with van der Waals surface area (Å²) in [6.07, 6.45) is 19.0. The third-order valence-electron chi connectivity index (χ3n) is 5.13. The molecule has 0 aliphatic heterocycles. The van der Waals surface area contributed by atoms with E-state index in [-0.39, 0.29) is 0 Å². The van der Waals surface area contributed by atoms with Gasteiger partial charge in [-0.1, -0.05) is 50.8 Å². The van der Waals surface area contributed by atoms with Crippen LogP contribution in [0, 0.1) is 5.92 Å². The van der Waals surface area contributed by atoms with E-state index in [9.17, 15) is 15.0 Å². The van der Waals surface area contributed by atoms with E-state index in [2.05, 4.69) is 29.5 Å². The predicted octanol–water partition coefficient (Wildman–Crippen LogP) is 4.98.